The van der Waals surface area contributed by atoms with Crippen molar-refractivity contribution >= 4 is 28.9 Å². The fourth-order valence-electron chi connectivity index (χ4n) is 2.08. The van der Waals surface area contributed by atoms with Crippen LogP contribution in [0.1, 0.15) is 31.4 Å². The Balaban J connectivity index is 3.18. The molecule has 20 heavy (non-hydrogen) atoms. The minimum absolute atomic E-state index is 0.176. The summed E-state index contributed by atoms with van der Waals surface area (Å²) in [6.45, 7) is 9.46. The van der Waals surface area contributed by atoms with Crippen LogP contribution in [0.2, 0.25) is 5.02 Å². The van der Waals surface area contributed by atoms with Gasteiger partial charge >= 0.3 is 0 Å². The second-order valence-corrected chi connectivity index (χ2v) is 5.82. The van der Waals surface area contributed by atoms with E-state index in [1.807, 2.05) is 6.26 Å². The van der Waals surface area contributed by atoms with Crippen LogP contribution in [-0.4, -0.2) is 25.5 Å². The van der Waals surface area contributed by atoms with Crippen molar-refractivity contribution in [2.45, 2.75) is 37.7 Å². The Bertz CT molecular complexity index is 462. The summed E-state index contributed by atoms with van der Waals surface area (Å²) < 4.78 is 5.79. The van der Waals surface area contributed by atoms with Crippen LogP contribution in [0.5, 0.6) is 0 Å². The lowest BCUT2D eigenvalue weighted by molar-refractivity contribution is 0.0976. The summed E-state index contributed by atoms with van der Waals surface area (Å²) in [6.07, 6.45) is 3.72. The summed E-state index contributed by atoms with van der Waals surface area (Å²) in [6, 6.07) is 4.18. The molecule has 0 aliphatic heterocycles. The summed E-state index contributed by atoms with van der Waals surface area (Å²) >= 11 is 8.22. The van der Waals surface area contributed by atoms with E-state index in [0.29, 0.717) is 13.2 Å². The van der Waals surface area contributed by atoms with Crippen LogP contribution in [0, 0.1) is 0 Å². The van der Waals surface area contributed by atoms with Crippen LogP contribution < -0.4 is 5.73 Å². The van der Waals surface area contributed by atoms with E-state index < -0.39 is 0 Å². The van der Waals surface area contributed by atoms with Crippen molar-refractivity contribution < 1.29 is 4.74 Å². The summed E-state index contributed by atoms with van der Waals surface area (Å²) in [7, 11) is 0. The molecule has 1 aromatic carbocycles. The lowest BCUT2D eigenvalue weighted by atomic mass is 9.98. The molecule has 0 fully saturated rings. The molecule has 1 rings (SSSR count). The zero-order chi connectivity index (χ0) is 15.1. The molecule has 0 aliphatic rings. The highest BCUT2D eigenvalue weighted by molar-refractivity contribution is 7.98. The van der Waals surface area contributed by atoms with E-state index in [1.54, 1.807) is 11.8 Å². The fraction of sp³-hybridized carbons (Fsp3) is 0.500. The van der Waals surface area contributed by atoms with Crippen molar-refractivity contribution in [3.05, 3.63) is 34.9 Å². The molecule has 0 saturated heterocycles. The first-order chi connectivity index (χ1) is 9.60. The number of ether oxygens (including phenoxy) is 1. The zero-order valence-electron chi connectivity index (χ0n) is 12.5. The highest BCUT2D eigenvalue weighted by Crippen LogP contribution is 2.36. The molecule has 0 radical (unpaired) electrons. The third kappa shape index (κ3) is 4.01. The fourth-order valence-corrected chi connectivity index (χ4v) is 3.19. The van der Waals surface area contributed by atoms with Crippen LogP contribution in [-0.2, 0) is 11.2 Å². The van der Waals surface area contributed by atoms with Gasteiger partial charge in [0.15, 0.2) is 0 Å². The normalized spacial score (nSPS) is 12.4. The maximum atomic E-state index is 6.55. The molecular weight excluding hydrogens is 290 g/mol. The van der Waals surface area contributed by atoms with E-state index in [0.717, 1.165) is 39.5 Å². The predicted molar refractivity (Wildman–Crippen MR) is 90.7 cm³/mol. The highest BCUT2D eigenvalue weighted by Gasteiger charge is 2.20. The summed E-state index contributed by atoms with van der Waals surface area (Å²) in [5, 5.41) is 0.780. The number of hydrogen-bond acceptors (Lipinski definition) is 3. The summed E-state index contributed by atoms with van der Waals surface area (Å²) in [5.74, 6) is 0. The van der Waals surface area contributed by atoms with Gasteiger partial charge in [-0.1, -0.05) is 38.1 Å². The lowest BCUT2D eigenvalue weighted by Crippen LogP contribution is -2.25. The van der Waals surface area contributed by atoms with Crippen LogP contribution in [0.15, 0.2) is 23.6 Å². The third-order valence-corrected chi connectivity index (χ3v) is 4.44. The molecular formula is C16H24ClNOS. The minimum atomic E-state index is -0.176. The number of hydrogen-bond donors (Lipinski definition) is 1. The number of halogens is 1. The van der Waals surface area contributed by atoms with Gasteiger partial charge in [-0.15, -0.1) is 11.8 Å². The van der Waals surface area contributed by atoms with Gasteiger partial charge in [0.05, 0.1) is 11.1 Å². The monoisotopic (exact) mass is 313 g/mol. The smallest absolute Gasteiger partial charge is 0.0948 e. The molecule has 2 N–H and O–H groups in total. The molecule has 1 aromatic rings. The Hall–Kier alpha value is -0.480. The first-order valence-electron chi connectivity index (χ1n) is 6.96. The van der Waals surface area contributed by atoms with E-state index in [1.165, 1.54) is 0 Å². The molecule has 2 nitrogen and oxygen atoms in total. The largest absolute Gasteiger partial charge is 0.372 e. The molecule has 1 unspecified atom stereocenters. The molecule has 0 heterocycles. The van der Waals surface area contributed by atoms with Gasteiger partial charge in [-0.05, 0) is 36.3 Å². The number of thioether (sulfide) groups is 1. The van der Waals surface area contributed by atoms with Crippen LogP contribution in [0.25, 0.3) is 5.57 Å². The number of rotatable bonds is 8. The van der Waals surface area contributed by atoms with Gasteiger partial charge in [0, 0.05) is 23.6 Å². The van der Waals surface area contributed by atoms with Crippen LogP contribution >= 0.6 is 23.4 Å². The summed E-state index contributed by atoms with van der Waals surface area (Å²) in [4.78, 5) is 1.12. The molecule has 0 aromatic heterocycles. The van der Waals surface area contributed by atoms with E-state index in [4.69, 9.17) is 22.1 Å². The van der Waals surface area contributed by atoms with Crippen molar-refractivity contribution in [1.29, 1.82) is 0 Å². The molecule has 112 valence electrons. The maximum absolute atomic E-state index is 6.55. The van der Waals surface area contributed by atoms with Gasteiger partial charge in [-0.2, -0.15) is 0 Å². The second kappa shape index (κ2) is 8.73. The Kier molecular flexibility index (Phi) is 7.67. The molecule has 0 spiro atoms. The number of benzene rings is 1. The van der Waals surface area contributed by atoms with E-state index >= 15 is 0 Å². The van der Waals surface area contributed by atoms with Gasteiger partial charge < -0.3 is 10.5 Å². The second-order valence-electron chi connectivity index (χ2n) is 4.59. The Morgan fingerprint density at radius 1 is 1.45 bits per heavy atom. The van der Waals surface area contributed by atoms with Crippen molar-refractivity contribution in [3.63, 3.8) is 0 Å². The first kappa shape index (κ1) is 17.6. The van der Waals surface area contributed by atoms with E-state index in [9.17, 15) is 0 Å². The van der Waals surface area contributed by atoms with Crippen molar-refractivity contribution in [2.75, 3.05) is 19.4 Å². The molecule has 4 heteroatoms. The van der Waals surface area contributed by atoms with E-state index in [-0.39, 0.29) is 6.10 Å². The number of aryl methyl sites for hydroxylation is 1. The van der Waals surface area contributed by atoms with Crippen molar-refractivity contribution in [3.8, 4) is 0 Å². The minimum Gasteiger partial charge on any atom is -0.372 e. The molecule has 0 amide bonds. The maximum Gasteiger partial charge on any atom is 0.0948 e. The average molecular weight is 314 g/mol. The Labute approximate surface area is 131 Å². The van der Waals surface area contributed by atoms with Gasteiger partial charge in [0.2, 0.25) is 0 Å². The molecule has 0 bridgehead atoms. The zero-order valence-corrected chi connectivity index (χ0v) is 14.1. The van der Waals surface area contributed by atoms with Crippen molar-refractivity contribution in [2.24, 2.45) is 5.73 Å². The standard InChI is InChI=1S/C16H24ClNOS/c1-5-9-19-13(10-18)11(3)15-14(20-4)8-7-12(6-2)16(15)17/h7-8,13H,3,5-6,9-10,18H2,1-2,4H3. The van der Waals surface area contributed by atoms with Crippen LogP contribution in [0.3, 0.4) is 0 Å². The van der Waals surface area contributed by atoms with Crippen LogP contribution in [0.4, 0.5) is 0 Å². The lowest BCUT2D eigenvalue weighted by Gasteiger charge is -2.22. The summed E-state index contributed by atoms with van der Waals surface area (Å²) in [5.41, 5.74) is 8.83. The Morgan fingerprint density at radius 3 is 2.65 bits per heavy atom. The molecule has 0 saturated carbocycles. The molecule has 1 atom stereocenters. The van der Waals surface area contributed by atoms with Gasteiger partial charge in [0.25, 0.3) is 0 Å². The third-order valence-electron chi connectivity index (χ3n) is 3.23. The van der Waals surface area contributed by atoms with Gasteiger partial charge in [-0.3, -0.25) is 0 Å². The average Bonchev–Trinajstić information content (AvgIpc) is 2.47. The van der Waals surface area contributed by atoms with E-state index in [2.05, 4.69) is 32.6 Å². The van der Waals surface area contributed by atoms with Gasteiger partial charge in [-0.25, -0.2) is 0 Å². The highest BCUT2D eigenvalue weighted by atomic mass is 35.5. The molecule has 0 aliphatic carbocycles. The van der Waals surface area contributed by atoms with Crippen molar-refractivity contribution in [1.82, 2.24) is 0 Å². The van der Waals surface area contributed by atoms with Gasteiger partial charge in [0.1, 0.15) is 0 Å². The quantitative estimate of drug-likeness (QED) is 0.723. The predicted octanol–water partition coefficient (Wildman–Crippen LogP) is 4.39. The SMILES string of the molecule is C=C(c1c(SC)ccc(CC)c1Cl)C(CN)OCCC. The topological polar surface area (TPSA) is 35.2 Å². The first-order valence-corrected chi connectivity index (χ1v) is 8.57. The number of nitrogens with two attached hydrogens (primary N) is 1. The Morgan fingerprint density at radius 2 is 2.15 bits per heavy atom.